The highest BCUT2D eigenvalue weighted by Crippen LogP contribution is 2.21. The van der Waals surface area contributed by atoms with Crippen LogP contribution in [0.3, 0.4) is 0 Å². The third-order valence-corrected chi connectivity index (χ3v) is 4.63. The van der Waals surface area contributed by atoms with E-state index in [9.17, 15) is 9.59 Å². The van der Waals surface area contributed by atoms with Gasteiger partial charge in [-0.25, -0.2) is 0 Å². The fourth-order valence-corrected chi connectivity index (χ4v) is 3.46. The molecule has 2 aliphatic rings. The van der Waals surface area contributed by atoms with E-state index in [4.69, 9.17) is 5.73 Å². The SMILES string of the molecule is NC(=O)CN1CCCN(C(=O)c2cccc3c2CCNC3)CC1. The molecule has 124 valence electrons. The second-order valence-corrected chi connectivity index (χ2v) is 6.26. The monoisotopic (exact) mass is 316 g/mol. The van der Waals surface area contributed by atoms with E-state index in [1.807, 2.05) is 21.9 Å². The van der Waals surface area contributed by atoms with Crippen LogP contribution in [-0.4, -0.2) is 60.9 Å². The number of hydrogen-bond acceptors (Lipinski definition) is 4. The van der Waals surface area contributed by atoms with E-state index >= 15 is 0 Å². The minimum absolute atomic E-state index is 0.115. The number of nitrogens with two attached hydrogens (primary N) is 1. The van der Waals surface area contributed by atoms with Gasteiger partial charge in [-0.15, -0.1) is 0 Å². The van der Waals surface area contributed by atoms with Crippen molar-refractivity contribution in [3.63, 3.8) is 0 Å². The highest BCUT2D eigenvalue weighted by Gasteiger charge is 2.24. The second kappa shape index (κ2) is 7.10. The highest BCUT2D eigenvalue weighted by molar-refractivity contribution is 5.96. The van der Waals surface area contributed by atoms with Gasteiger partial charge in [-0.3, -0.25) is 14.5 Å². The minimum atomic E-state index is -0.311. The van der Waals surface area contributed by atoms with Gasteiger partial charge in [0.15, 0.2) is 0 Å². The smallest absolute Gasteiger partial charge is 0.254 e. The molecule has 3 N–H and O–H groups in total. The fourth-order valence-electron chi connectivity index (χ4n) is 3.46. The van der Waals surface area contributed by atoms with Crippen molar-refractivity contribution < 1.29 is 9.59 Å². The lowest BCUT2D eigenvalue weighted by atomic mass is 9.94. The van der Waals surface area contributed by atoms with Gasteiger partial charge in [-0.05, 0) is 36.6 Å². The molecule has 0 bridgehead atoms. The zero-order valence-corrected chi connectivity index (χ0v) is 13.4. The maximum absolute atomic E-state index is 12.9. The lowest BCUT2D eigenvalue weighted by Gasteiger charge is -2.25. The number of primary amides is 1. The minimum Gasteiger partial charge on any atom is -0.369 e. The van der Waals surface area contributed by atoms with Crippen LogP contribution in [0.5, 0.6) is 0 Å². The normalized spacial score (nSPS) is 19.0. The van der Waals surface area contributed by atoms with Gasteiger partial charge in [0.1, 0.15) is 0 Å². The summed E-state index contributed by atoms with van der Waals surface area (Å²) < 4.78 is 0. The average molecular weight is 316 g/mol. The summed E-state index contributed by atoms with van der Waals surface area (Å²) in [6.07, 6.45) is 1.77. The largest absolute Gasteiger partial charge is 0.369 e. The molecule has 0 aromatic heterocycles. The van der Waals surface area contributed by atoms with Crippen molar-refractivity contribution in [3.8, 4) is 0 Å². The Morgan fingerprint density at radius 3 is 2.87 bits per heavy atom. The van der Waals surface area contributed by atoms with E-state index in [0.29, 0.717) is 13.1 Å². The van der Waals surface area contributed by atoms with Crippen molar-refractivity contribution in [3.05, 3.63) is 34.9 Å². The number of fused-ring (bicyclic) bond motifs is 1. The van der Waals surface area contributed by atoms with Gasteiger partial charge in [-0.1, -0.05) is 12.1 Å². The Bertz CT molecular complexity index is 602. The molecule has 0 atom stereocenters. The molecule has 2 amide bonds. The first-order valence-corrected chi connectivity index (χ1v) is 8.26. The van der Waals surface area contributed by atoms with Crippen LogP contribution in [0.25, 0.3) is 0 Å². The summed E-state index contributed by atoms with van der Waals surface area (Å²) in [7, 11) is 0. The molecule has 0 unspecified atom stereocenters. The van der Waals surface area contributed by atoms with Crippen LogP contribution in [0, 0.1) is 0 Å². The zero-order valence-electron chi connectivity index (χ0n) is 13.4. The van der Waals surface area contributed by atoms with E-state index in [-0.39, 0.29) is 18.4 Å². The molecule has 1 fully saturated rings. The van der Waals surface area contributed by atoms with Gasteiger partial charge in [0.2, 0.25) is 5.91 Å². The maximum Gasteiger partial charge on any atom is 0.254 e. The van der Waals surface area contributed by atoms with Crippen LogP contribution in [0.4, 0.5) is 0 Å². The summed E-state index contributed by atoms with van der Waals surface area (Å²) in [6, 6.07) is 6.00. The van der Waals surface area contributed by atoms with Crippen molar-refractivity contribution in [2.75, 3.05) is 39.3 Å². The van der Waals surface area contributed by atoms with Gasteiger partial charge in [0, 0.05) is 38.3 Å². The molecule has 1 saturated heterocycles. The Morgan fingerprint density at radius 1 is 1.17 bits per heavy atom. The molecular formula is C17H24N4O2. The molecule has 0 radical (unpaired) electrons. The number of amides is 2. The number of hydrogen-bond donors (Lipinski definition) is 2. The van der Waals surface area contributed by atoms with Crippen LogP contribution in [0.1, 0.15) is 27.9 Å². The molecule has 3 rings (SSSR count). The van der Waals surface area contributed by atoms with E-state index in [1.54, 1.807) is 0 Å². The molecule has 6 nitrogen and oxygen atoms in total. The summed E-state index contributed by atoms with van der Waals surface area (Å²) in [5.74, 6) is -0.195. The first-order valence-electron chi connectivity index (χ1n) is 8.26. The van der Waals surface area contributed by atoms with Gasteiger partial charge in [-0.2, -0.15) is 0 Å². The number of nitrogens with zero attached hydrogens (tertiary/aromatic N) is 2. The summed E-state index contributed by atoms with van der Waals surface area (Å²) in [5.41, 5.74) is 8.53. The van der Waals surface area contributed by atoms with Crippen molar-refractivity contribution in [1.29, 1.82) is 0 Å². The standard InChI is InChI=1S/C17H24N4O2/c18-16(22)12-20-7-2-8-21(10-9-20)17(23)15-4-1-3-13-11-19-6-5-14(13)15/h1,3-4,19H,2,5-12H2,(H2,18,22). The Morgan fingerprint density at radius 2 is 2.04 bits per heavy atom. The van der Waals surface area contributed by atoms with Crippen LogP contribution in [0.2, 0.25) is 0 Å². The Hall–Kier alpha value is -1.92. The Labute approximate surface area is 136 Å². The summed E-state index contributed by atoms with van der Waals surface area (Å²) in [4.78, 5) is 28.0. The molecule has 2 heterocycles. The van der Waals surface area contributed by atoms with Crippen LogP contribution < -0.4 is 11.1 Å². The predicted octanol–water partition coefficient (Wildman–Crippen LogP) is -0.0345. The third kappa shape index (κ3) is 3.71. The maximum atomic E-state index is 12.9. The topological polar surface area (TPSA) is 78.7 Å². The van der Waals surface area contributed by atoms with Crippen molar-refractivity contribution in [2.24, 2.45) is 5.73 Å². The zero-order chi connectivity index (χ0) is 16.2. The first kappa shape index (κ1) is 16.0. The third-order valence-electron chi connectivity index (χ3n) is 4.63. The first-order chi connectivity index (χ1) is 11.1. The van der Waals surface area contributed by atoms with Crippen molar-refractivity contribution in [2.45, 2.75) is 19.4 Å². The van der Waals surface area contributed by atoms with E-state index in [2.05, 4.69) is 11.4 Å². The molecule has 0 aliphatic carbocycles. The molecule has 2 aliphatic heterocycles. The number of carbonyl (C=O) groups is 2. The summed E-state index contributed by atoms with van der Waals surface area (Å²) in [5, 5.41) is 3.35. The number of nitrogens with one attached hydrogen (secondary N) is 1. The Balaban J connectivity index is 1.72. The molecule has 0 saturated carbocycles. The number of carbonyl (C=O) groups excluding carboxylic acids is 2. The summed E-state index contributed by atoms with van der Waals surface area (Å²) >= 11 is 0. The quantitative estimate of drug-likeness (QED) is 0.820. The van der Waals surface area contributed by atoms with Crippen LogP contribution in [0.15, 0.2) is 18.2 Å². The molecule has 1 aromatic carbocycles. The Kier molecular flexibility index (Phi) is 4.93. The predicted molar refractivity (Wildman–Crippen MR) is 88.0 cm³/mol. The molecular weight excluding hydrogens is 292 g/mol. The molecule has 23 heavy (non-hydrogen) atoms. The van der Waals surface area contributed by atoms with Gasteiger partial charge in [0.25, 0.3) is 5.91 Å². The molecule has 6 heteroatoms. The van der Waals surface area contributed by atoms with Gasteiger partial charge >= 0.3 is 0 Å². The average Bonchev–Trinajstić information content (AvgIpc) is 2.79. The fraction of sp³-hybridized carbons (Fsp3) is 0.529. The highest BCUT2D eigenvalue weighted by atomic mass is 16.2. The van der Waals surface area contributed by atoms with Gasteiger partial charge < -0.3 is 16.0 Å². The molecule has 1 aromatic rings. The molecule has 0 spiro atoms. The lowest BCUT2D eigenvalue weighted by molar-refractivity contribution is -0.119. The van der Waals surface area contributed by atoms with Gasteiger partial charge in [0.05, 0.1) is 6.54 Å². The lowest BCUT2D eigenvalue weighted by Crippen LogP contribution is -2.38. The number of rotatable bonds is 3. The van der Waals surface area contributed by atoms with Crippen LogP contribution >= 0.6 is 0 Å². The van der Waals surface area contributed by atoms with E-state index in [0.717, 1.165) is 44.6 Å². The summed E-state index contributed by atoms with van der Waals surface area (Å²) in [6.45, 7) is 4.92. The van der Waals surface area contributed by atoms with Crippen molar-refractivity contribution in [1.82, 2.24) is 15.1 Å². The van der Waals surface area contributed by atoms with E-state index in [1.165, 1.54) is 11.1 Å². The van der Waals surface area contributed by atoms with Crippen molar-refractivity contribution >= 4 is 11.8 Å². The number of benzene rings is 1. The second-order valence-electron chi connectivity index (χ2n) is 6.26. The van der Waals surface area contributed by atoms with Crippen LogP contribution in [-0.2, 0) is 17.8 Å². The van der Waals surface area contributed by atoms with E-state index < -0.39 is 0 Å².